The van der Waals surface area contributed by atoms with Gasteiger partial charge in [0.2, 0.25) is 0 Å². The number of esters is 1. The minimum atomic E-state index is -1.87. The molecule has 0 fully saturated rings. The standard InChI is InChI=1S/C20H32O3Si/c1-6-10-16-18(20(21)22-5)19(17-14-12-11-13-15-17)23-24(7-2,8-3)9-4/h11-16,19H,6-10H2,1-5H3/b18-16-. The molecule has 1 aromatic rings. The summed E-state index contributed by atoms with van der Waals surface area (Å²) in [4.78, 5) is 12.4. The van der Waals surface area contributed by atoms with Crippen molar-refractivity contribution in [1.82, 2.24) is 0 Å². The lowest BCUT2D eigenvalue weighted by atomic mass is 10.0. The third-order valence-corrected chi connectivity index (χ3v) is 9.36. The van der Waals surface area contributed by atoms with E-state index in [1.54, 1.807) is 0 Å². The summed E-state index contributed by atoms with van der Waals surface area (Å²) in [5.74, 6) is -0.288. The van der Waals surface area contributed by atoms with Crippen molar-refractivity contribution in [3.05, 3.63) is 47.5 Å². The highest BCUT2D eigenvalue weighted by Gasteiger charge is 2.35. The van der Waals surface area contributed by atoms with Crippen molar-refractivity contribution in [2.45, 2.75) is 64.8 Å². The van der Waals surface area contributed by atoms with Crippen molar-refractivity contribution in [2.24, 2.45) is 0 Å². The average molecular weight is 349 g/mol. The second kappa shape index (κ2) is 10.5. The van der Waals surface area contributed by atoms with Gasteiger partial charge in [0.15, 0.2) is 8.32 Å². The van der Waals surface area contributed by atoms with Gasteiger partial charge in [0.25, 0.3) is 0 Å². The summed E-state index contributed by atoms with van der Waals surface area (Å²) in [6.07, 6.45) is 3.48. The topological polar surface area (TPSA) is 35.5 Å². The highest BCUT2D eigenvalue weighted by atomic mass is 28.4. The molecule has 4 heteroatoms. The van der Waals surface area contributed by atoms with E-state index in [0.717, 1.165) is 36.5 Å². The first-order valence-electron chi connectivity index (χ1n) is 9.08. The second-order valence-electron chi connectivity index (χ2n) is 6.09. The molecule has 0 saturated heterocycles. The van der Waals surface area contributed by atoms with Crippen LogP contribution in [0.3, 0.4) is 0 Å². The van der Waals surface area contributed by atoms with Gasteiger partial charge in [-0.25, -0.2) is 4.79 Å². The van der Waals surface area contributed by atoms with E-state index in [2.05, 4.69) is 27.7 Å². The molecule has 0 bridgehead atoms. The average Bonchev–Trinajstić information content (AvgIpc) is 2.65. The molecule has 0 aliphatic heterocycles. The number of carbonyl (C=O) groups excluding carboxylic acids is 1. The lowest BCUT2D eigenvalue weighted by Gasteiger charge is -2.34. The van der Waals surface area contributed by atoms with Gasteiger partial charge in [-0.05, 0) is 30.1 Å². The fourth-order valence-electron chi connectivity index (χ4n) is 2.90. The highest BCUT2D eigenvalue weighted by Crippen LogP contribution is 2.35. The van der Waals surface area contributed by atoms with Crippen LogP contribution in [0, 0.1) is 0 Å². The van der Waals surface area contributed by atoms with Crippen molar-refractivity contribution in [1.29, 1.82) is 0 Å². The molecule has 1 rings (SSSR count). The number of benzene rings is 1. The van der Waals surface area contributed by atoms with Gasteiger partial charge in [0.05, 0.1) is 12.7 Å². The maximum Gasteiger partial charge on any atom is 0.336 e. The van der Waals surface area contributed by atoms with E-state index in [1.165, 1.54) is 7.11 Å². The summed E-state index contributed by atoms with van der Waals surface area (Å²) in [6, 6.07) is 13.2. The predicted molar refractivity (Wildman–Crippen MR) is 102 cm³/mol. The number of carbonyl (C=O) groups is 1. The molecule has 1 unspecified atom stereocenters. The zero-order valence-electron chi connectivity index (χ0n) is 15.8. The number of allylic oxidation sites excluding steroid dienone is 1. The Kier molecular flexibility index (Phi) is 9.01. The zero-order chi connectivity index (χ0) is 18.0. The minimum absolute atomic E-state index is 0.288. The quantitative estimate of drug-likeness (QED) is 0.311. The second-order valence-corrected chi connectivity index (χ2v) is 10.8. The molecule has 0 heterocycles. The van der Waals surface area contributed by atoms with Crippen molar-refractivity contribution in [3.8, 4) is 0 Å². The van der Waals surface area contributed by atoms with Gasteiger partial charge < -0.3 is 9.16 Å². The summed E-state index contributed by atoms with van der Waals surface area (Å²) in [7, 11) is -0.434. The molecule has 0 aromatic heterocycles. The van der Waals surface area contributed by atoms with E-state index in [1.807, 2.05) is 36.4 Å². The Balaban J connectivity index is 3.33. The van der Waals surface area contributed by atoms with E-state index in [0.29, 0.717) is 5.57 Å². The SMILES string of the molecule is CCC/C=C(\C(=O)OC)C(O[Si](CC)(CC)CC)c1ccccc1. The first kappa shape index (κ1) is 20.7. The molecular weight excluding hydrogens is 316 g/mol. The predicted octanol–water partition coefficient (Wildman–Crippen LogP) is 5.65. The van der Waals surface area contributed by atoms with Crippen LogP contribution in [0.25, 0.3) is 0 Å². The molecule has 0 saturated carbocycles. The molecule has 3 nitrogen and oxygen atoms in total. The molecule has 0 radical (unpaired) electrons. The Bertz CT molecular complexity index is 513. The Morgan fingerprint density at radius 1 is 1.08 bits per heavy atom. The van der Waals surface area contributed by atoms with Crippen LogP contribution in [-0.4, -0.2) is 21.4 Å². The van der Waals surface area contributed by atoms with E-state index in [4.69, 9.17) is 9.16 Å². The van der Waals surface area contributed by atoms with Crippen LogP contribution < -0.4 is 0 Å². The van der Waals surface area contributed by atoms with Crippen molar-refractivity contribution < 1.29 is 14.0 Å². The van der Waals surface area contributed by atoms with Gasteiger partial charge in [-0.15, -0.1) is 0 Å². The van der Waals surface area contributed by atoms with Gasteiger partial charge in [-0.2, -0.15) is 0 Å². The molecule has 0 spiro atoms. The fourth-order valence-corrected chi connectivity index (χ4v) is 5.67. The smallest absolute Gasteiger partial charge is 0.336 e. The van der Waals surface area contributed by atoms with Crippen LogP contribution in [0.1, 0.15) is 52.2 Å². The number of rotatable bonds is 10. The highest BCUT2D eigenvalue weighted by molar-refractivity contribution is 6.73. The van der Waals surface area contributed by atoms with Crippen LogP contribution in [0.5, 0.6) is 0 Å². The molecule has 1 atom stereocenters. The number of unbranched alkanes of at least 4 members (excludes halogenated alkanes) is 1. The Morgan fingerprint density at radius 3 is 2.12 bits per heavy atom. The maximum atomic E-state index is 12.4. The molecule has 0 amide bonds. The maximum absolute atomic E-state index is 12.4. The molecule has 0 N–H and O–H groups in total. The van der Waals surface area contributed by atoms with Crippen LogP contribution in [0.4, 0.5) is 0 Å². The lowest BCUT2D eigenvalue weighted by Crippen LogP contribution is -2.38. The summed E-state index contributed by atoms with van der Waals surface area (Å²) in [5, 5.41) is 0. The fraction of sp³-hybridized carbons (Fsp3) is 0.550. The Hall–Kier alpha value is -1.39. The molecule has 0 aliphatic carbocycles. The van der Waals surface area contributed by atoms with Crippen LogP contribution in [-0.2, 0) is 14.0 Å². The van der Waals surface area contributed by atoms with Crippen LogP contribution in [0.2, 0.25) is 18.1 Å². The van der Waals surface area contributed by atoms with Gasteiger partial charge in [-0.3, -0.25) is 0 Å². The molecule has 24 heavy (non-hydrogen) atoms. The molecule has 0 aliphatic rings. The van der Waals surface area contributed by atoms with Gasteiger partial charge in [0, 0.05) is 0 Å². The van der Waals surface area contributed by atoms with Crippen molar-refractivity contribution in [3.63, 3.8) is 0 Å². The largest absolute Gasteiger partial charge is 0.466 e. The molecular formula is C20H32O3Si. The van der Waals surface area contributed by atoms with E-state index < -0.39 is 8.32 Å². The molecule has 134 valence electrons. The van der Waals surface area contributed by atoms with E-state index in [-0.39, 0.29) is 12.1 Å². The lowest BCUT2D eigenvalue weighted by molar-refractivity contribution is -0.137. The number of ether oxygens (including phenoxy) is 1. The van der Waals surface area contributed by atoms with Crippen LogP contribution >= 0.6 is 0 Å². The monoisotopic (exact) mass is 348 g/mol. The number of methoxy groups -OCH3 is 1. The van der Waals surface area contributed by atoms with Crippen LogP contribution in [0.15, 0.2) is 42.0 Å². The van der Waals surface area contributed by atoms with Gasteiger partial charge in [0.1, 0.15) is 6.10 Å². The zero-order valence-corrected chi connectivity index (χ0v) is 16.8. The minimum Gasteiger partial charge on any atom is -0.466 e. The van der Waals surface area contributed by atoms with Gasteiger partial charge in [-0.1, -0.05) is 70.5 Å². The summed E-state index contributed by atoms with van der Waals surface area (Å²) in [5.41, 5.74) is 1.66. The number of hydrogen-bond donors (Lipinski definition) is 0. The molecule has 1 aromatic carbocycles. The normalized spacial score (nSPS) is 13.6. The van der Waals surface area contributed by atoms with E-state index >= 15 is 0 Å². The number of hydrogen-bond acceptors (Lipinski definition) is 3. The van der Waals surface area contributed by atoms with E-state index in [9.17, 15) is 4.79 Å². The first-order valence-corrected chi connectivity index (χ1v) is 11.6. The third kappa shape index (κ3) is 5.31. The summed E-state index contributed by atoms with van der Waals surface area (Å²) >= 11 is 0. The summed E-state index contributed by atoms with van der Waals surface area (Å²) in [6.45, 7) is 8.71. The first-order chi connectivity index (χ1) is 11.6. The van der Waals surface area contributed by atoms with Gasteiger partial charge >= 0.3 is 5.97 Å². The summed E-state index contributed by atoms with van der Waals surface area (Å²) < 4.78 is 11.8. The van der Waals surface area contributed by atoms with Crippen molar-refractivity contribution in [2.75, 3.05) is 7.11 Å². The third-order valence-electron chi connectivity index (χ3n) is 4.76. The Morgan fingerprint density at radius 2 is 1.67 bits per heavy atom. The van der Waals surface area contributed by atoms with Crippen molar-refractivity contribution >= 4 is 14.3 Å². The Labute approximate surface area is 148 Å².